The summed E-state index contributed by atoms with van der Waals surface area (Å²) in [7, 11) is -0.565. The third-order valence-electron chi connectivity index (χ3n) is 3.79. The summed E-state index contributed by atoms with van der Waals surface area (Å²) < 4.78 is 17.0. The molecule has 2 nitrogen and oxygen atoms in total. The van der Waals surface area contributed by atoms with Crippen molar-refractivity contribution >= 4 is 10.8 Å². The van der Waals surface area contributed by atoms with Crippen LogP contribution >= 0.6 is 0 Å². The first-order valence-corrected chi connectivity index (χ1v) is 7.81. The summed E-state index contributed by atoms with van der Waals surface area (Å²) in [6.45, 7) is 3.06. The minimum absolute atomic E-state index is 0.254. The van der Waals surface area contributed by atoms with Gasteiger partial charge >= 0.3 is 0 Å². The van der Waals surface area contributed by atoms with E-state index in [4.69, 9.17) is 4.74 Å². The van der Waals surface area contributed by atoms with Crippen molar-refractivity contribution in [1.29, 1.82) is 0 Å². The van der Waals surface area contributed by atoms with Crippen LogP contribution in [0.3, 0.4) is 0 Å². The summed E-state index contributed by atoms with van der Waals surface area (Å²) in [5, 5.41) is 0. The van der Waals surface area contributed by atoms with Gasteiger partial charge in [-0.3, -0.25) is 4.21 Å². The molecule has 1 aliphatic heterocycles. The number of hydrogen-bond donors (Lipinski definition) is 0. The molecular formula is C13H22O2S. The standard InChI is InChI=1S/C13H22O2S/c1-13(6-8-16(14)9-7-13)11-15-10-12-4-2-3-5-12/h10H,2-9,11H2,1H3. The summed E-state index contributed by atoms with van der Waals surface area (Å²) in [6, 6.07) is 0. The number of ether oxygens (including phenoxy) is 1. The van der Waals surface area contributed by atoms with Crippen LogP contribution in [0.2, 0.25) is 0 Å². The second-order valence-corrected chi connectivity index (χ2v) is 7.15. The minimum Gasteiger partial charge on any atom is -0.501 e. The third kappa shape index (κ3) is 3.34. The molecule has 0 amide bonds. The van der Waals surface area contributed by atoms with Gasteiger partial charge in [0.25, 0.3) is 0 Å². The van der Waals surface area contributed by atoms with Gasteiger partial charge in [0.1, 0.15) is 0 Å². The molecule has 2 fully saturated rings. The van der Waals surface area contributed by atoms with Crippen LogP contribution < -0.4 is 0 Å². The molecule has 0 N–H and O–H groups in total. The summed E-state index contributed by atoms with van der Waals surface area (Å²) in [5.41, 5.74) is 1.73. The van der Waals surface area contributed by atoms with Crippen molar-refractivity contribution in [2.45, 2.75) is 45.4 Å². The fraction of sp³-hybridized carbons (Fsp3) is 0.846. The largest absolute Gasteiger partial charge is 0.501 e. The van der Waals surface area contributed by atoms with Crippen LogP contribution in [0.5, 0.6) is 0 Å². The van der Waals surface area contributed by atoms with Crippen LogP contribution in [0, 0.1) is 5.41 Å². The van der Waals surface area contributed by atoms with Gasteiger partial charge in [-0.15, -0.1) is 0 Å². The summed E-state index contributed by atoms with van der Waals surface area (Å²) in [5.74, 6) is 1.72. The van der Waals surface area contributed by atoms with E-state index in [1.807, 2.05) is 6.26 Å². The topological polar surface area (TPSA) is 26.3 Å². The second-order valence-electron chi connectivity index (χ2n) is 5.45. The van der Waals surface area contributed by atoms with Gasteiger partial charge in [0.05, 0.1) is 12.9 Å². The molecule has 1 aliphatic carbocycles. The molecule has 0 aromatic rings. The quantitative estimate of drug-likeness (QED) is 0.711. The lowest BCUT2D eigenvalue weighted by molar-refractivity contribution is 0.112. The van der Waals surface area contributed by atoms with E-state index in [2.05, 4.69) is 6.92 Å². The van der Waals surface area contributed by atoms with E-state index < -0.39 is 10.8 Å². The van der Waals surface area contributed by atoms with E-state index >= 15 is 0 Å². The maximum absolute atomic E-state index is 11.3. The van der Waals surface area contributed by atoms with E-state index in [0.717, 1.165) is 31.0 Å². The fourth-order valence-corrected chi connectivity index (χ4v) is 4.04. The van der Waals surface area contributed by atoms with Gasteiger partial charge in [-0.2, -0.15) is 0 Å². The highest BCUT2D eigenvalue weighted by molar-refractivity contribution is 7.85. The monoisotopic (exact) mass is 242 g/mol. The highest BCUT2D eigenvalue weighted by Gasteiger charge is 2.30. The lowest BCUT2D eigenvalue weighted by Crippen LogP contribution is -2.31. The van der Waals surface area contributed by atoms with E-state index in [1.54, 1.807) is 0 Å². The Balaban J connectivity index is 1.76. The molecule has 92 valence electrons. The molecule has 0 spiro atoms. The zero-order valence-electron chi connectivity index (χ0n) is 10.2. The fourth-order valence-electron chi connectivity index (χ4n) is 2.40. The van der Waals surface area contributed by atoms with Gasteiger partial charge < -0.3 is 4.74 Å². The number of allylic oxidation sites excluding steroid dienone is 1. The van der Waals surface area contributed by atoms with Gasteiger partial charge in [0, 0.05) is 27.7 Å². The van der Waals surface area contributed by atoms with Crippen molar-refractivity contribution < 1.29 is 8.95 Å². The maximum Gasteiger partial charge on any atom is 0.0927 e. The van der Waals surface area contributed by atoms with Crippen LogP contribution in [-0.4, -0.2) is 22.3 Å². The van der Waals surface area contributed by atoms with Crippen molar-refractivity contribution in [1.82, 2.24) is 0 Å². The van der Waals surface area contributed by atoms with Crippen LogP contribution in [0.1, 0.15) is 45.4 Å². The highest BCUT2D eigenvalue weighted by atomic mass is 32.2. The Morgan fingerprint density at radius 2 is 1.94 bits per heavy atom. The van der Waals surface area contributed by atoms with Crippen LogP contribution in [0.4, 0.5) is 0 Å². The SMILES string of the molecule is CC1(COC=C2CCCC2)CCS(=O)CC1. The first kappa shape index (κ1) is 12.2. The molecule has 0 radical (unpaired) electrons. The lowest BCUT2D eigenvalue weighted by Gasteiger charge is -2.32. The molecule has 0 atom stereocenters. The summed E-state index contributed by atoms with van der Waals surface area (Å²) in [6.07, 6.45) is 9.17. The van der Waals surface area contributed by atoms with E-state index in [0.29, 0.717) is 0 Å². The number of hydrogen-bond acceptors (Lipinski definition) is 2. The van der Waals surface area contributed by atoms with E-state index in [1.165, 1.54) is 31.3 Å². The molecule has 2 aliphatic rings. The zero-order valence-corrected chi connectivity index (χ0v) is 11.0. The van der Waals surface area contributed by atoms with Gasteiger partial charge in [-0.1, -0.05) is 6.92 Å². The second kappa shape index (κ2) is 5.35. The molecule has 3 heteroatoms. The van der Waals surface area contributed by atoms with Crippen LogP contribution in [0.15, 0.2) is 11.8 Å². The lowest BCUT2D eigenvalue weighted by atomic mass is 9.85. The van der Waals surface area contributed by atoms with Gasteiger partial charge in [-0.05, 0) is 44.1 Å². The smallest absolute Gasteiger partial charge is 0.0927 e. The van der Waals surface area contributed by atoms with Crippen molar-refractivity contribution in [3.8, 4) is 0 Å². The Kier molecular flexibility index (Phi) is 4.06. The average molecular weight is 242 g/mol. The Hall–Kier alpha value is -0.310. The molecule has 1 saturated heterocycles. The van der Waals surface area contributed by atoms with Gasteiger partial charge in [0.2, 0.25) is 0 Å². The van der Waals surface area contributed by atoms with Crippen molar-refractivity contribution in [3.05, 3.63) is 11.8 Å². The molecule has 0 bridgehead atoms. The molecule has 0 aromatic heterocycles. The molecule has 0 unspecified atom stereocenters. The molecule has 2 rings (SSSR count). The molecule has 16 heavy (non-hydrogen) atoms. The summed E-state index contributed by atoms with van der Waals surface area (Å²) in [4.78, 5) is 0. The van der Waals surface area contributed by atoms with Crippen LogP contribution in [0.25, 0.3) is 0 Å². The molecule has 1 saturated carbocycles. The van der Waals surface area contributed by atoms with Crippen molar-refractivity contribution in [2.75, 3.05) is 18.1 Å². The van der Waals surface area contributed by atoms with Crippen LogP contribution in [-0.2, 0) is 15.5 Å². The normalized spacial score (nSPS) is 35.1. The highest BCUT2D eigenvalue weighted by Crippen LogP contribution is 2.31. The van der Waals surface area contributed by atoms with Crippen molar-refractivity contribution in [2.24, 2.45) is 5.41 Å². The Morgan fingerprint density at radius 3 is 2.56 bits per heavy atom. The number of rotatable bonds is 3. The van der Waals surface area contributed by atoms with Crippen molar-refractivity contribution in [3.63, 3.8) is 0 Å². The average Bonchev–Trinajstić information content (AvgIpc) is 2.76. The third-order valence-corrected chi connectivity index (χ3v) is 5.11. The first-order valence-electron chi connectivity index (χ1n) is 6.32. The first-order chi connectivity index (χ1) is 7.68. The van der Waals surface area contributed by atoms with Gasteiger partial charge in [0.15, 0.2) is 0 Å². The molecule has 1 heterocycles. The predicted octanol–water partition coefficient (Wildman–Crippen LogP) is 3.01. The Morgan fingerprint density at radius 1 is 1.31 bits per heavy atom. The summed E-state index contributed by atoms with van der Waals surface area (Å²) >= 11 is 0. The minimum atomic E-state index is -0.565. The van der Waals surface area contributed by atoms with E-state index in [9.17, 15) is 4.21 Å². The molecular weight excluding hydrogens is 220 g/mol. The van der Waals surface area contributed by atoms with Gasteiger partial charge in [-0.25, -0.2) is 0 Å². The molecule has 0 aromatic carbocycles. The Labute approximate surface area is 101 Å². The Bertz CT molecular complexity index is 278. The predicted molar refractivity (Wildman–Crippen MR) is 67.7 cm³/mol. The zero-order chi connectivity index (χ0) is 11.4. The maximum atomic E-state index is 11.3. The van der Waals surface area contributed by atoms with E-state index in [-0.39, 0.29) is 5.41 Å².